The molecule has 1 aliphatic heterocycles. The molecule has 0 fully saturated rings. The summed E-state index contributed by atoms with van der Waals surface area (Å²) in [6, 6.07) is 15.1. The molecule has 0 radical (unpaired) electrons. The van der Waals surface area contributed by atoms with Crippen LogP contribution >= 0.6 is 15.9 Å². The topological polar surface area (TPSA) is 41.9 Å². The van der Waals surface area contributed by atoms with Crippen LogP contribution in [0.2, 0.25) is 0 Å². The van der Waals surface area contributed by atoms with Crippen molar-refractivity contribution in [3.05, 3.63) is 64.1 Å². The Balaban J connectivity index is 2.00. The van der Waals surface area contributed by atoms with E-state index in [1.165, 1.54) is 5.01 Å². The van der Waals surface area contributed by atoms with Crippen LogP contribution < -0.4 is 9.75 Å². The van der Waals surface area contributed by atoms with Gasteiger partial charge in [0.25, 0.3) is 5.91 Å². The number of nitrogens with zero attached hydrogens (tertiary/aromatic N) is 2. The van der Waals surface area contributed by atoms with Crippen LogP contribution in [0.15, 0.2) is 63.7 Å². The maximum atomic E-state index is 12.7. The monoisotopic (exact) mass is 370 g/mol. The third kappa shape index (κ3) is 3.05. The minimum Gasteiger partial charge on any atom is -0.496 e. The van der Waals surface area contributed by atoms with Gasteiger partial charge in [0.2, 0.25) is 0 Å². The highest BCUT2D eigenvalue weighted by molar-refractivity contribution is 9.10. The summed E-state index contributed by atoms with van der Waals surface area (Å²) >= 11 is 3.44. The van der Waals surface area contributed by atoms with E-state index in [0.717, 1.165) is 15.7 Å². The van der Waals surface area contributed by atoms with Crippen LogP contribution in [0.4, 0.5) is 5.69 Å². The summed E-state index contributed by atoms with van der Waals surface area (Å²) in [7, 11) is 1.61. The molecule has 23 heavy (non-hydrogen) atoms. The fraction of sp³-hybridized carbons (Fsp3) is 0.111. The molecular formula is C18H15BrN2O2. The predicted molar refractivity (Wildman–Crippen MR) is 95.7 cm³/mol. The van der Waals surface area contributed by atoms with Gasteiger partial charge in [-0.2, -0.15) is 10.1 Å². The quantitative estimate of drug-likeness (QED) is 0.757. The van der Waals surface area contributed by atoms with Crippen LogP contribution in [0, 0.1) is 0 Å². The third-order valence-electron chi connectivity index (χ3n) is 3.55. The van der Waals surface area contributed by atoms with Crippen molar-refractivity contribution in [3.63, 3.8) is 0 Å². The van der Waals surface area contributed by atoms with E-state index in [-0.39, 0.29) is 5.91 Å². The summed E-state index contributed by atoms with van der Waals surface area (Å²) in [4.78, 5) is 12.7. The van der Waals surface area contributed by atoms with Crippen LogP contribution in [-0.2, 0) is 4.79 Å². The van der Waals surface area contributed by atoms with Gasteiger partial charge >= 0.3 is 0 Å². The Morgan fingerprint density at radius 1 is 1.17 bits per heavy atom. The lowest BCUT2D eigenvalue weighted by Gasteiger charge is -2.11. The Morgan fingerprint density at radius 3 is 2.61 bits per heavy atom. The molecule has 0 aliphatic carbocycles. The zero-order chi connectivity index (χ0) is 16.4. The smallest absolute Gasteiger partial charge is 0.280 e. The van der Waals surface area contributed by atoms with Gasteiger partial charge in [-0.05, 0) is 43.3 Å². The van der Waals surface area contributed by atoms with E-state index >= 15 is 0 Å². The normalized spacial score (nSPS) is 16.0. The Hall–Kier alpha value is -2.40. The van der Waals surface area contributed by atoms with Crippen molar-refractivity contribution in [2.75, 3.05) is 12.1 Å². The molecule has 1 aliphatic rings. The van der Waals surface area contributed by atoms with Gasteiger partial charge in [0.05, 0.1) is 24.1 Å². The number of halogens is 1. The number of ether oxygens (including phenoxy) is 1. The van der Waals surface area contributed by atoms with Crippen molar-refractivity contribution in [2.24, 2.45) is 5.10 Å². The van der Waals surface area contributed by atoms with Crippen molar-refractivity contribution in [3.8, 4) is 5.75 Å². The molecule has 0 atom stereocenters. The van der Waals surface area contributed by atoms with Crippen LogP contribution in [-0.4, -0.2) is 18.7 Å². The van der Waals surface area contributed by atoms with Crippen molar-refractivity contribution in [1.29, 1.82) is 0 Å². The van der Waals surface area contributed by atoms with Crippen molar-refractivity contribution < 1.29 is 9.53 Å². The second-order valence-electron chi connectivity index (χ2n) is 5.08. The SMILES string of the molecule is COc1ccc(Br)cc1/C=C1\C(=O)N(c2ccccc2)N=C1C. The van der Waals surface area contributed by atoms with Gasteiger partial charge in [-0.1, -0.05) is 34.1 Å². The summed E-state index contributed by atoms with van der Waals surface area (Å²) in [6.07, 6.45) is 1.81. The van der Waals surface area contributed by atoms with Gasteiger partial charge < -0.3 is 4.74 Å². The number of carbonyl (C=O) groups is 1. The van der Waals surface area contributed by atoms with Gasteiger partial charge in [-0.15, -0.1) is 0 Å². The number of benzene rings is 2. The van der Waals surface area contributed by atoms with Crippen LogP contribution in [0.1, 0.15) is 12.5 Å². The summed E-state index contributed by atoms with van der Waals surface area (Å²) < 4.78 is 6.28. The lowest BCUT2D eigenvalue weighted by atomic mass is 10.1. The van der Waals surface area contributed by atoms with Gasteiger partial charge in [-0.3, -0.25) is 4.79 Å². The van der Waals surface area contributed by atoms with Crippen LogP contribution in [0.25, 0.3) is 6.08 Å². The molecule has 0 N–H and O–H groups in total. The molecule has 2 aromatic carbocycles. The molecule has 0 unspecified atom stereocenters. The number of hydrogen-bond acceptors (Lipinski definition) is 3. The summed E-state index contributed by atoms with van der Waals surface area (Å²) in [6.45, 7) is 1.83. The molecule has 1 heterocycles. The van der Waals surface area contributed by atoms with Gasteiger partial charge in [0.1, 0.15) is 5.75 Å². The second-order valence-corrected chi connectivity index (χ2v) is 6.00. The minimum atomic E-state index is -0.143. The first-order chi connectivity index (χ1) is 11.1. The fourth-order valence-corrected chi connectivity index (χ4v) is 2.78. The predicted octanol–water partition coefficient (Wildman–Crippen LogP) is 4.26. The van der Waals surface area contributed by atoms with E-state index in [4.69, 9.17) is 4.74 Å². The Morgan fingerprint density at radius 2 is 1.91 bits per heavy atom. The van der Waals surface area contributed by atoms with Crippen molar-refractivity contribution in [2.45, 2.75) is 6.92 Å². The molecule has 3 rings (SSSR count). The zero-order valence-corrected chi connectivity index (χ0v) is 14.4. The highest BCUT2D eigenvalue weighted by atomic mass is 79.9. The van der Waals surface area contributed by atoms with Crippen molar-refractivity contribution in [1.82, 2.24) is 0 Å². The number of hydrazone groups is 1. The molecule has 2 aromatic rings. The standard InChI is InChI=1S/C18H15BrN2O2/c1-12-16(11-13-10-14(19)8-9-17(13)23-2)18(22)21(20-12)15-6-4-3-5-7-15/h3-11H,1-2H3/b16-11-. The van der Waals surface area contributed by atoms with Gasteiger partial charge in [0.15, 0.2) is 0 Å². The molecular weight excluding hydrogens is 356 g/mol. The average molecular weight is 371 g/mol. The number of para-hydroxylation sites is 1. The molecule has 1 amide bonds. The van der Waals surface area contributed by atoms with Crippen LogP contribution in [0.3, 0.4) is 0 Å². The molecule has 0 aromatic heterocycles. The van der Waals surface area contributed by atoms with E-state index < -0.39 is 0 Å². The first kappa shape index (κ1) is 15.5. The lowest BCUT2D eigenvalue weighted by Crippen LogP contribution is -2.21. The largest absolute Gasteiger partial charge is 0.496 e. The molecule has 0 saturated heterocycles. The van der Waals surface area contributed by atoms with Gasteiger partial charge in [-0.25, -0.2) is 0 Å². The van der Waals surface area contributed by atoms with E-state index in [0.29, 0.717) is 17.0 Å². The first-order valence-electron chi connectivity index (χ1n) is 7.10. The fourth-order valence-electron chi connectivity index (χ4n) is 2.40. The maximum absolute atomic E-state index is 12.7. The van der Waals surface area contributed by atoms with E-state index in [2.05, 4.69) is 21.0 Å². The highest BCUT2D eigenvalue weighted by Gasteiger charge is 2.28. The Bertz CT molecular complexity index is 813. The van der Waals surface area contributed by atoms with E-state index in [1.807, 2.05) is 61.5 Å². The summed E-state index contributed by atoms with van der Waals surface area (Å²) in [5.41, 5.74) is 2.82. The number of methoxy groups -OCH3 is 1. The summed E-state index contributed by atoms with van der Waals surface area (Å²) in [5, 5.41) is 5.80. The second kappa shape index (κ2) is 6.38. The zero-order valence-electron chi connectivity index (χ0n) is 12.8. The van der Waals surface area contributed by atoms with Crippen LogP contribution in [0.5, 0.6) is 5.75 Å². The Labute approximate surface area is 143 Å². The Kier molecular flexibility index (Phi) is 4.30. The highest BCUT2D eigenvalue weighted by Crippen LogP contribution is 2.29. The third-order valence-corrected chi connectivity index (χ3v) is 4.05. The molecule has 0 spiro atoms. The number of amides is 1. The molecule has 116 valence electrons. The number of carbonyl (C=O) groups excluding carboxylic acids is 1. The minimum absolute atomic E-state index is 0.143. The van der Waals surface area contributed by atoms with E-state index in [1.54, 1.807) is 7.11 Å². The van der Waals surface area contributed by atoms with Crippen molar-refractivity contribution >= 4 is 39.3 Å². The number of rotatable bonds is 3. The maximum Gasteiger partial charge on any atom is 0.280 e. The number of hydrogen-bond donors (Lipinski definition) is 0. The average Bonchev–Trinajstić information content (AvgIpc) is 2.84. The lowest BCUT2D eigenvalue weighted by molar-refractivity contribution is -0.114. The molecule has 0 saturated carbocycles. The number of anilines is 1. The first-order valence-corrected chi connectivity index (χ1v) is 7.90. The molecule has 5 heteroatoms. The van der Waals surface area contributed by atoms with E-state index in [9.17, 15) is 4.79 Å². The molecule has 0 bridgehead atoms. The van der Waals surface area contributed by atoms with Gasteiger partial charge in [0, 0.05) is 10.0 Å². The molecule has 4 nitrogen and oxygen atoms in total. The summed E-state index contributed by atoms with van der Waals surface area (Å²) in [5.74, 6) is 0.565.